The lowest BCUT2D eigenvalue weighted by molar-refractivity contribution is 0.374. The highest BCUT2D eigenvalue weighted by molar-refractivity contribution is 5.85. The Morgan fingerprint density at radius 2 is 2.07 bits per heavy atom. The maximum atomic E-state index is 9.46. The number of phenolic OH excluding ortho intramolecular Hbond substituents is 1. The summed E-state index contributed by atoms with van der Waals surface area (Å²) in [6.07, 6.45) is 3.42. The van der Waals surface area contributed by atoms with Crippen molar-refractivity contribution in [1.82, 2.24) is 4.98 Å². The van der Waals surface area contributed by atoms with E-state index < -0.39 is 0 Å². The van der Waals surface area contributed by atoms with Gasteiger partial charge in [0, 0.05) is 17.8 Å². The molecule has 0 aliphatic heterocycles. The van der Waals surface area contributed by atoms with E-state index in [1.807, 2.05) is 6.07 Å². The number of phenols is 1. The van der Waals surface area contributed by atoms with Crippen molar-refractivity contribution in [2.75, 3.05) is 7.11 Å². The molecule has 1 aromatic carbocycles. The standard InChI is InChI=1S/C10H9NO2.ClH/c1-13-10-5-8-6-11-3-2-7(8)4-9(10)12;/h2-6,12H,1H3;1H. The van der Waals surface area contributed by atoms with Crippen molar-refractivity contribution >= 4 is 23.2 Å². The number of hydrogen-bond acceptors (Lipinski definition) is 3. The Morgan fingerprint density at radius 1 is 1.29 bits per heavy atom. The molecule has 1 aromatic heterocycles. The van der Waals surface area contributed by atoms with Crippen molar-refractivity contribution in [2.45, 2.75) is 0 Å². The van der Waals surface area contributed by atoms with Gasteiger partial charge >= 0.3 is 0 Å². The molecule has 0 radical (unpaired) electrons. The van der Waals surface area contributed by atoms with Gasteiger partial charge in [-0.2, -0.15) is 0 Å². The number of hydrogen-bond donors (Lipinski definition) is 1. The van der Waals surface area contributed by atoms with Gasteiger partial charge in [0.15, 0.2) is 11.5 Å². The van der Waals surface area contributed by atoms with Crippen LogP contribution < -0.4 is 4.74 Å². The van der Waals surface area contributed by atoms with E-state index >= 15 is 0 Å². The molecule has 3 nitrogen and oxygen atoms in total. The van der Waals surface area contributed by atoms with Crippen LogP contribution in [0.2, 0.25) is 0 Å². The summed E-state index contributed by atoms with van der Waals surface area (Å²) >= 11 is 0. The molecule has 0 bridgehead atoms. The van der Waals surface area contributed by atoms with Gasteiger partial charge in [-0.1, -0.05) is 0 Å². The summed E-state index contributed by atoms with van der Waals surface area (Å²) in [5, 5.41) is 11.4. The zero-order chi connectivity index (χ0) is 9.26. The van der Waals surface area contributed by atoms with Crippen molar-refractivity contribution in [1.29, 1.82) is 0 Å². The maximum Gasteiger partial charge on any atom is 0.161 e. The molecular formula is C10H10ClNO2. The summed E-state index contributed by atoms with van der Waals surface area (Å²) in [7, 11) is 1.53. The van der Waals surface area contributed by atoms with E-state index in [0.717, 1.165) is 10.8 Å². The van der Waals surface area contributed by atoms with Crippen molar-refractivity contribution in [3.8, 4) is 11.5 Å². The summed E-state index contributed by atoms with van der Waals surface area (Å²) in [6, 6.07) is 5.27. The molecule has 2 aromatic rings. The van der Waals surface area contributed by atoms with Crippen molar-refractivity contribution in [3.63, 3.8) is 0 Å². The van der Waals surface area contributed by atoms with Gasteiger partial charge in [0.25, 0.3) is 0 Å². The molecule has 0 saturated carbocycles. The van der Waals surface area contributed by atoms with Crippen LogP contribution in [0.5, 0.6) is 11.5 Å². The van der Waals surface area contributed by atoms with E-state index in [1.54, 1.807) is 24.5 Å². The highest BCUT2D eigenvalue weighted by Crippen LogP contribution is 2.30. The first kappa shape index (κ1) is 10.6. The van der Waals surface area contributed by atoms with Crippen molar-refractivity contribution < 1.29 is 9.84 Å². The molecule has 4 heteroatoms. The van der Waals surface area contributed by atoms with Crippen molar-refractivity contribution in [2.24, 2.45) is 0 Å². The number of benzene rings is 1. The second-order valence-electron chi connectivity index (χ2n) is 2.75. The van der Waals surface area contributed by atoms with Crippen LogP contribution in [0.3, 0.4) is 0 Å². The third-order valence-corrected chi connectivity index (χ3v) is 1.94. The van der Waals surface area contributed by atoms with E-state index in [4.69, 9.17) is 4.74 Å². The summed E-state index contributed by atoms with van der Waals surface area (Å²) in [4.78, 5) is 3.98. The van der Waals surface area contributed by atoms with Crippen LogP contribution in [-0.4, -0.2) is 17.2 Å². The quantitative estimate of drug-likeness (QED) is 0.788. The Bertz CT molecular complexity index is 445. The summed E-state index contributed by atoms with van der Waals surface area (Å²) in [6.45, 7) is 0. The number of pyridine rings is 1. The molecule has 0 fully saturated rings. The first-order chi connectivity index (χ1) is 6.31. The molecule has 1 heterocycles. The van der Waals surface area contributed by atoms with Gasteiger partial charge in [0.1, 0.15) is 0 Å². The fraction of sp³-hybridized carbons (Fsp3) is 0.100. The third kappa shape index (κ3) is 1.72. The zero-order valence-electron chi connectivity index (χ0n) is 7.60. The molecule has 0 saturated heterocycles. The Balaban J connectivity index is 0.000000980. The Morgan fingerprint density at radius 3 is 2.79 bits per heavy atom. The largest absolute Gasteiger partial charge is 0.504 e. The molecule has 1 N–H and O–H groups in total. The minimum atomic E-state index is 0. The second kappa shape index (κ2) is 4.15. The number of methoxy groups -OCH3 is 1. The van der Waals surface area contributed by atoms with E-state index in [0.29, 0.717) is 5.75 Å². The summed E-state index contributed by atoms with van der Waals surface area (Å²) < 4.78 is 4.98. The molecular weight excluding hydrogens is 202 g/mol. The number of rotatable bonds is 1. The molecule has 0 aliphatic rings. The molecule has 0 atom stereocenters. The highest BCUT2D eigenvalue weighted by atomic mass is 35.5. The van der Waals surface area contributed by atoms with Crippen molar-refractivity contribution in [3.05, 3.63) is 30.6 Å². The highest BCUT2D eigenvalue weighted by Gasteiger charge is 2.02. The maximum absolute atomic E-state index is 9.46. The van der Waals surface area contributed by atoms with Crippen LogP contribution in [0.1, 0.15) is 0 Å². The van der Waals surface area contributed by atoms with E-state index in [9.17, 15) is 5.11 Å². The topological polar surface area (TPSA) is 42.4 Å². The smallest absolute Gasteiger partial charge is 0.161 e. The summed E-state index contributed by atoms with van der Waals surface area (Å²) in [5.41, 5.74) is 0. The number of aromatic nitrogens is 1. The predicted octanol–water partition coefficient (Wildman–Crippen LogP) is 2.37. The number of aromatic hydroxyl groups is 1. The van der Waals surface area contributed by atoms with Crippen LogP contribution in [0, 0.1) is 0 Å². The predicted molar refractivity (Wildman–Crippen MR) is 57.2 cm³/mol. The minimum absolute atomic E-state index is 0. The molecule has 2 rings (SSSR count). The van der Waals surface area contributed by atoms with Crippen LogP contribution in [-0.2, 0) is 0 Å². The number of fused-ring (bicyclic) bond motifs is 1. The first-order valence-corrected chi connectivity index (χ1v) is 3.92. The van der Waals surface area contributed by atoms with Gasteiger partial charge in [0.05, 0.1) is 7.11 Å². The van der Waals surface area contributed by atoms with Gasteiger partial charge in [0.2, 0.25) is 0 Å². The Labute approximate surface area is 87.8 Å². The molecule has 0 aliphatic carbocycles. The van der Waals surface area contributed by atoms with E-state index in [-0.39, 0.29) is 18.2 Å². The first-order valence-electron chi connectivity index (χ1n) is 3.92. The number of nitrogens with zero attached hydrogens (tertiary/aromatic N) is 1. The average Bonchev–Trinajstić information content (AvgIpc) is 2.17. The minimum Gasteiger partial charge on any atom is -0.504 e. The third-order valence-electron chi connectivity index (χ3n) is 1.94. The molecule has 0 amide bonds. The number of halogens is 1. The van der Waals surface area contributed by atoms with E-state index in [2.05, 4.69) is 4.98 Å². The monoisotopic (exact) mass is 211 g/mol. The fourth-order valence-corrected chi connectivity index (χ4v) is 1.27. The van der Waals surface area contributed by atoms with Gasteiger partial charge in [-0.3, -0.25) is 4.98 Å². The molecule has 14 heavy (non-hydrogen) atoms. The molecule has 0 spiro atoms. The normalized spacial score (nSPS) is 9.50. The Kier molecular flexibility index (Phi) is 3.14. The average molecular weight is 212 g/mol. The lowest BCUT2D eigenvalue weighted by Crippen LogP contribution is -1.84. The van der Waals surface area contributed by atoms with Crippen LogP contribution in [0.4, 0.5) is 0 Å². The van der Waals surface area contributed by atoms with Gasteiger partial charge < -0.3 is 9.84 Å². The SMILES string of the molecule is COc1cc2cnccc2cc1O.Cl. The lowest BCUT2D eigenvalue weighted by Gasteiger charge is -2.04. The Hall–Kier alpha value is -1.48. The van der Waals surface area contributed by atoms with Gasteiger partial charge in [-0.25, -0.2) is 0 Å². The van der Waals surface area contributed by atoms with Gasteiger partial charge in [-0.05, 0) is 23.6 Å². The molecule has 0 unspecified atom stereocenters. The van der Waals surface area contributed by atoms with Gasteiger partial charge in [-0.15, -0.1) is 12.4 Å². The number of ether oxygens (including phenoxy) is 1. The summed E-state index contributed by atoms with van der Waals surface area (Å²) in [5.74, 6) is 0.627. The second-order valence-corrected chi connectivity index (χ2v) is 2.75. The van der Waals surface area contributed by atoms with Crippen LogP contribution >= 0.6 is 12.4 Å². The zero-order valence-corrected chi connectivity index (χ0v) is 8.41. The fourth-order valence-electron chi connectivity index (χ4n) is 1.27. The van der Waals surface area contributed by atoms with Crippen LogP contribution in [0.15, 0.2) is 30.6 Å². The molecule has 74 valence electrons. The lowest BCUT2D eigenvalue weighted by atomic mass is 10.1. The van der Waals surface area contributed by atoms with Crippen LogP contribution in [0.25, 0.3) is 10.8 Å². The van der Waals surface area contributed by atoms with E-state index in [1.165, 1.54) is 7.11 Å².